The Kier molecular flexibility index (Phi) is 2.37. The van der Waals surface area contributed by atoms with Gasteiger partial charge < -0.3 is 5.11 Å². The van der Waals surface area contributed by atoms with Crippen molar-refractivity contribution in [2.45, 2.75) is 13.8 Å². The molecular formula is C12H11N3O. The van der Waals surface area contributed by atoms with Crippen LogP contribution in [0.5, 0.6) is 5.75 Å². The highest BCUT2D eigenvalue weighted by atomic mass is 16.3. The normalized spacial score (nSPS) is 10.1. The maximum atomic E-state index is 9.72. The summed E-state index contributed by atoms with van der Waals surface area (Å²) in [6, 6.07) is 9.03. The summed E-state index contributed by atoms with van der Waals surface area (Å²) in [6.45, 7) is 3.59. The number of phenolic OH excluding ortho intramolecular Hbond substituents is 1. The molecule has 80 valence electrons. The molecule has 2 aromatic rings. The van der Waals surface area contributed by atoms with E-state index in [-0.39, 0.29) is 5.75 Å². The van der Waals surface area contributed by atoms with Crippen LogP contribution in [-0.2, 0) is 0 Å². The summed E-state index contributed by atoms with van der Waals surface area (Å²) in [5.41, 5.74) is 2.55. The van der Waals surface area contributed by atoms with Crippen molar-refractivity contribution in [1.29, 1.82) is 5.26 Å². The Bertz CT molecular complexity index is 578. The topological polar surface area (TPSA) is 61.8 Å². The van der Waals surface area contributed by atoms with Crippen molar-refractivity contribution in [3.8, 4) is 17.5 Å². The first-order chi connectivity index (χ1) is 7.65. The van der Waals surface area contributed by atoms with Crippen LogP contribution in [0.2, 0.25) is 0 Å². The molecule has 4 heteroatoms. The lowest BCUT2D eigenvalue weighted by Crippen LogP contribution is -1.99. The number of aryl methyl sites for hydroxylation is 1. The number of aromatic hydroxyl groups is 1. The number of nitriles is 1. The van der Waals surface area contributed by atoms with Gasteiger partial charge in [0.25, 0.3) is 0 Å². The number of rotatable bonds is 1. The van der Waals surface area contributed by atoms with Crippen molar-refractivity contribution in [3.63, 3.8) is 0 Å². The largest absolute Gasteiger partial charge is 0.506 e. The minimum Gasteiger partial charge on any atom is -0.506 e. The average Bonchev–Trinajstić information content (AvgIpc) is 2.55. The second-order valence-electron chi connectivity index (χ2n) is 3.56. The van der Waals surface area contributed by atoms with E-state index >= 15 is 0 Å². The number of nitrogens with zero attached hydrogens (tertiary/aromatic N) is 3. The van der Waals surface area contributed by atoms with Gasteiger partial charge in [-0.15, -0.1) is 0 Å². The minimum absolute atomic E-state index is 0.151. The van der Waals surface area contributed by atoms with Gasteiger partial charge in [0.15, 0.2) is 0 Å². The fraction of sp³-hybridized carbons (Fsp3) is 0.167. The van der Waals surface area contributed by atoms with E-state index in [0.29, 0.717) is 16.9 Å². The molecule has 0 amide bonds. The fourth-order valence-corrected chi connectivity index (χ4v) is 1.68. The molecule has 0 aliphatic carbocycles. The number of para-hydroxylation sites is 2. The first-order valence-corrected chi connectivity index (χ1v) is 4.90. The van der Waals surface area contributed by atoms with Crippen LogP contribution in [0.3, 0.4) is 0 Å². The zero-order valence-electron chi connectivity index (χ0n) is 9.10. The zero-order valence-corrected chi connectivity index (χ0v) is 9.10. The van der Waals surface area contributed by atoms with E-state index in [9.17, 15) is 5.11 Å². The van der Waals surface area contributed by atoms with E-state index in [1.54, 1.807) is 29.8 Å². The van der Waals surface area contributed by atoms with Crippen LogP contribution in [0.25, 0.3) is 5.69 Å². The summed E-state index contributed by atoms with van der Waals surface area (Å²) in [4.78, 5) is 0. The van der Waals surface area contributed by atoms with Crippen LogP contribution in [0, 0.1) is 25.2 Å². The van der Waals surface area contributed by atoms with Crippen molar-refractivity contribution >= 4 is 0 Å². The van der Waals surface area contributed by atoms with Crippen molar-refractivity contribution in [2.75, 3.05) is 0 Å². The highest BCUT2D eigenvalue weighted by Gasteiger charge is 2.13. The van der Waals surface area contributed by atoms with Crippen LogP contribution < -0.4 is 0 Å². The monoisotopic (exact) mass is 213 g/mol. The van der Waals surface area contributed by atoms with Crippen LogP contribution in [0.4, 0.5) is 0 Å². The first kappa shape index (κ1) is 10.2. The molecule has 0 radical (unpaired) electrons. The highest BCUT2D eigenvalue weighted by Crippen LogP contribution is 2.23. The van der Waals surface area contributed by atoms with Crippen LogP contribution in [-0.4, -0.2) is 14.9 Å². The molecule has 1 heterocycles. The van der Waals surface area contributed by atoms with Crippen molar-refractivity contribution < 1.29 is 5.11 Å². The quantitative estimate of drug-likeness (QED) is 0.788. The molecule has 0 spiro atoms. The number of hydrogen-bond acceptors (Lipinski definition) is 3. The molecule has 0 bridgehead atoms. The molecule has 1 N–H and O–H groups in total. The van der Waals surface area contributed by atoms with Crippen LogP contribution >= 0.6 is 0 Å². The first-order valence-electron chi connectivity index (χ1n) is 4.90. The summed E-state index contributed by atoms with van der Waals surface area (Å²) in [5.74, 6) is 0.151. The smallest absolute Gasteiger partial charge is 0.141 e. The van der Waals surface area contributed by atoms with Crippen molar-refractivity contribution in [2.24, 2.45) is 0 Å². The summed E-state index contributed by atoms with van der Waals surface area (Å²) in [7, 11) is 0. The molecule has 4 nitrogen and oxygen atoms in total. The SMILES string of the molecule is Cc1nn(-c2ccccc2O)c(C)c1C#N. The summed E-state index contributed by atoms with van der Waals surface area (Å²) >= 11 is 0. The molecule has 1 aromatic heterocycles. The predicted octanol–water partition coefficient (Wildman–Crippen LogP) is 2.07. The Balaban J connectivity index is 2.68. The maximum Gasteiger partial charge on any atom is 0.141 e. The van der Waals surface area contributed by atoms with Gasteiger partial charge in [-0.05, 0) is 26.0 Å². The highest BCUT2D eigenvalue weighted by molar-refractivity contribution is 5.49. The Morgan fingerprint density at radius 1 is 1.31 bits per heavy atom. The molecule has 0 aliphatic rings. The lowest BCUT2D eigenvalue weighted by molar-refractivity contribution is 0.470. The van der Waals surface area contributed by atoms with Gasteiger partial charge in [0, 0.05) is 0 Å². The second kappa shape index (κ2) is 3.70. The molecule has 0 aliphatic heterocycles. The minimum atomic E-state index is 0.151. The summed E-state index contributed by atoms with van der Waals surface area (Å²) in [6.07, 6.45) is 0. The van der Waals surface area contributed by atoms with Gasteiger partial charge in [0.1, 0.15) is 17.5 Å². The third-order valence-corrected chi connectivity index (χ3v) is 2.51. The number of aromatic nitrogens is 2. The second-order valence-corrected chi connectivity index (χ2v) is 3.56. The van der Waals surface area contributed by atoms with Gasteiger partial charge in [0.2, 0.25) is 0 Å². The predicted molar refractivity (Wildman–Crippen MR) is 59.4 cm³/mol. The van der Waals surface area contributed by atoms with Gasteiger partial charge >= 0.3 is 0 Å². The molecule has 0 atom stereocenters. The van der Waals surface area contributed by atoms with Gasteiger partial charge in [-0.1, -0.05) is 12.1 Å². The van der Waals surface area contributed by atoms with Gasteiger partial charge in [-0.3, -0.25) is 0 Å². The lowest BCUT2D eigenvalue weighted by atomic mass is 10.2. The zero-order chi connectivity index (χ0) is 11.7. The third-order valence-electron chi connectivity index (χ3n) is 2.51. The van der Waals surface area contributed by atoms with Crippen LogP contribution in [0.15, 0.2) is 24.3 Å². The number of hydrogen-bond donors (Lipinski definition) is 1. The number of phenols is 1. The molecule has 0 unspecified atom stereocenters. The van der Waals surface area contributed by atoms with Crippen molar-refractivity contribution in [1.82, 2.24) is 9.78 Å². The van der Waals surface area contributed by atoms with E-state index < -0.39 is 0 Å². The van der Waals surface area contributed by atoms with E-state index in [0.717, 1.165) is 5.69 Å². The van der Waals surface area contributed by atoms with E-state index in [4.69, 9.17) is 5.26 Å². The van der Waals surface area contributed by atoms with Gasteiger partial charge in [0.05, 0.1) is 17.0 Å². The Hall–Kier alpha value is -2.28. The summed E-state index contributed by atoms with van der Waals surface area (Å²) in [5, 5.41) is 22.9. The molecule has 0 saturated carbocycles. The molecular weight excluding hydrogens is 202 g/mol. The fourth-order valence-electron chi connectivity index (χ4n) is 1.68. The maximum absolute atomic E-state index is 9.72. The Morgan fingerprint density at radius 2 is 2.00 bits per heavy atom. The number of benzene rings is 1. The van der Waals surface area contributed by atoms with Crippen LogP contribution in [0.1, 0.15) is 17.0 Å². The lowest BCUT2D eigenvalue weighted by Gasteiger charge is -2.05. The Morgan fingerprint density at radius 3 is 2.56 bits per heavy atom. The van der Waals surface area contributed by atoms with Crippen molar-refractivity contribution in [3.05, 3.63) is 41.2 Å². The van der Waals surface area contributed by atoms with E-state index in [2.05, 4.69) is 11.2 Å². The third kappa shape index (κ3) is 1.43. The van der Waals surface area contributed by atoms with E-state index in [1.165, 1.54) is 0 Å². The average molecular weight is 213 g/mol. The molecule has 16 heavy (non-hydrogen) atoms. The van der Waals surface area contributed by atoms with E-state index in [1.807, 2.05) is 13.0 Å². The molecule has 1 aromatic carbocycles. The molecule has 2 rings (SSSR count). The standard InChI is InChI=1S/C12H11N3O/c1-8-10(7-13)9(2)15(14-8)11-5-3-4-6-12(11)16/h3-6,16H,1-2H3. The van der Waals surface area contributed by atoms with Gasteiger partial charge in [-0.2, -0.15) is 10.4 Å². The molecule has 0 saturated heterocycles. The van der Waals surface area contributed by atoms with Gasteiger partial charge in [-0.25, -0.2) is 4.68 Å². The Labute approximate surface area is 93.4 Å². The summed E-state index contributed by atoms with van der Waals surface area (Å²) < 4.78 is 1.59. The molecule has 0 fully saturated rings.